The van der Waals surface area contributed by atoms with Gasteiger partial charge in [-0.3, -0.25) is 4.79 Å². The fourth-order valence-corrected chi connectivity index (χ4v) is 2.10. The molecule has 2 unspecified atom stereocenters. The molecule has 2 atom stereocenters. The summed E-state index contributed by atoms with van der Waals surface area (Å²) in [5.74, 6) is 1.29. The van der Waals surface area contributed by atoms with E-state index >= 15 is 0 Å². The van der Waals surface area contributed by atoms with Gasteiger partial charge >= 0.3 is 5.97 Å². The van der Waals surface area contributed by atoms with E-state index in [1.807, 2.05) is 24.6 Å². The average molecular weight is 256 g/mol. The number of ether oxygens (including phenoxy) is 3. The van der Waals surface area contributed by atoms with Crippen molar-refractivity contribution in [2.24, 2.45) is 5.92 Å². The lowest BCUT2D eigenvalue weighted by Crippen LogP contribution is -2.34. The zero-order valence-electron chi connectivity index (χ0n) is 9.97. The van der Waals surface area contributed by atoms with Crippen LogP contribution in [-0.4, -0.2) is 25.3 Å². The quantitative estimate of drug-likeness (QED) is 0.776. The molecular weight excluding hydrogens is 240 g/mol. The van der Waals surface area contributed by atoms with E-state index in [1.54, 1.807) is 0 Å². The van der Waals surface area contributed by atoms with Gasteiger partial charge in [-0.2, -0.15) is 0 Å². The van der Waals surface area contributed by atoms with Crippen molar-refractivity contribution in [2.45, 2.75) is 26.4 Å². The third-order valence-corrected chi connectivity index (χ3v) is 3.44. The smallest absolute Gasteiger partial charge is 0.308 e. The first-order valence-corrected chi connectivity index (χ1v) is 6.67. The maximum atomic E-state index is 11.5. The Morgan fingerprint density at radius 3 is 3.12 bits per heavy atom. The molecule has 0 bridgehead atoms. The van der Waals surface area contributed by atoms with Crippen LogP contribution in [0.25, 0.3) is 0 Å². The molecule has 0 saturated heterocycles. The Morgan fingerprint density at radius 1 is 1.59 bits per heavy atom. The third-order valence-electron chi connectivity index (χ3n) is 2.74. The fourth-order valence-electron chi connectivity index (χ4n) is 1.43. The van der Waals surface area contributed by atoms with Gasteiger partial charge < -0.3 is 14.2 Å². The Kier molecular flexibility index (Phi) is 3.89. The Hall–Kier alpha value is -1.23. The first kappa shape index (κ1) is 12.2. The summed E-state index contributed by atoms with van der Waals surface area (Å²) in [6.45, 7) is 4.50. The van der Waals surface area contributed by atoms with Gasteiger partial charge in [-0.25, -0.2) is 0 Å². The molecule has 0 radical (unpaired) electrons. The van der Waals surface area contributed by atoms with Gasteiger partial charge in [0, 0.05) is 10.8 Å². The normalized spacial score (nSPS) is 19.8. The SMILES string of the molecule is CCC(C)C(=O)OCC1COc2cscc2O1. The molecule has 0 fully saturated rings. The van der Waals surface area contributed by atoms with Gasteiger partial charge in [-0.1, -0.05) is 13.8 Å². The van der Waals surface area contributed by atoms with Crippen molar-refractivity contribution < 1.29 is 19.0 Å². The number of hydrogen-bond donors (Lipinski definition) is 0. The maximum absolute atomic E-state index is 11.5. The largest absolute Gasteiger partial charge is 0.485 e. The second kappa shape index (κ2) is 5.40. The van der Waals surface area contributed by atoms with Crippen LogP contribution >= 0.6 is 11.3 Å². The second-order valence-electron chi connectivity index (χ2n) is 4.09. The Bertz CT molecular complexity index is 388. The van der Waals surface area contributed by atoms with E-state index in [4.69, 9.17) is 14.2 Å². The standard InChI is InChI=1S/C12H16O4S/c1-3-8(2)12(13)15-5-9-4-14-10-6-17-7-11(10)16-9/h6-9H,3-5H2,1-2H3. The number of rotatable bonds is 4. The molecule has 0 aliphatic carbocycles. The van der Waals surface area contributed by atoms with Gasteiger partial charge in [0.2, 0.25) is 0 Å². The zero-order chi connectivity index (χ0) is 12.3. The molecule has 4 nitrogen and oxygen atoms in total. The van der Waals surface area contributed by atoms with Crippen LogP contribution in [0.3, 0.4) is 0 Å². The monoisotopic (exact) mass is 256 g/mol. The van der Waals surface area contributed by atoms with Crippen molar-refractivity contribution in [1.82, 2.24) is 0 Å². The molecule has 1 aromatic heterocycles. The highest BCUT2D eigenvalue weighted by Crippen LogP contribution is 2.35. The van der Waals surface area contributed by atoms with E-state index in [-0.39, 0.29) is 24.6 Å². The van der Waals surface area contributed by atoms with E-state index in [0.717, 1.165) is 17.9 Å². The fraction of sp³-hybridized carbons (Fsp3) is 0.583. The van der Waals surface area contributed by atoms with Gasteiger partial charge in [0.25, 0.3) is 0 Å². The van der Waals surface area contributed by atoms with Crippen LogP contribution in [0.15, 0.2) is 10.8 Å². The van der Waals surface area contributed by atoms with Crippen molar-refractivity contribution in [3.05, 3.63) is 10.8 Å². The molecule has 5 heteroatoms. The van der Waals surface area contributed by atoms with Crippen molar-refractivity contribution in [1.29, 1.82) is 0 Å². The first-order valence-electron chi connectivity index (χ1n) is 5.73. The molecule has 1 aromatic rings. The van der Waals surface area contributed by atoms with Crippen LogP contribution in [0.4, 0.5) is 0 Å². The summed E-state index contributed by atoms with van der Waals surface area (Å²) in [6, 6.07) is 0. The zero-order valence-corrected chi connectivity index (χ0v) is 10.8. The lowest BCUT2D eigenvalue weighted by atomic mass is 10.1. The predicted octanol–water partition coefficient (Wildman–Crippen LogP) is 2.48. The van der Waals surface area contributed by atoms with Crippen LogP contribution in [0.5, 0.6) is 11.5 Å². The van der Waals surface area contributed by atoms with E-state index in [0.29, 0.717) is 6.61 Å². The number of carbonyl (C=O) groups is 1. The van der Waals surface area contributed by atoms with Gasteiger partial charge in [0.05, 0.1) is 5.92 Å². The van der Waals surface area contributed by atoms with E-state index < -0.39 is 0 Å². The minimum atomic E-state index is -0.204. The van der Waals surface area contributed by atoms with Crippen LogP contribution in [0, 0.1) is 5.92 Å². The van der Waals surface area contributed by atoms with Gasteiger partial charge in [-0.05, 0) is 6.42 Å². The van der Waals surface area contributed by atoms with Crippen LogP contribution in [0.2, 0.25) is 0 Å². The molecule has 1 aliphatic heterocycles. The summed E-state index contributed by atoms with van der Waals surface area (Å²) in [5, 5.41) is 3.79. The molecule has 94 valence electrons. The highest BCUT2D eigenvalue weighted by molar-refractivity contribution is 7.08. The number of esters is 1. The molecule has 2 rings (SSSR count). The summed E-state index contributed by atoms with van der Waals surface area (Å²) >= 11 is 1.53. The van der Waals surface area contributed by atoms with Gasteiger partial charge in [0.1, 0.15) is 13.2 Å². The van der Waals surface area contributed by atoms with Gasteiger partial charge in [0.15, 0.2) is 17.6 Å². The topological polar surface area (TPSA) is 44.8 Å². The molecule has 0 N–H and O–H groups in total. The highest BCUT2D eigenvalue weighted by atomic mass is 32.1. The molecular formula is C12H16O4S. The molecule has 0 aromatic carbocycles. The molecule has 2 heterocycles. The van der Waals surface area contributed by atoms with Crippen LogP contribution < -0.4 is 9.47 Å². The van der Waals surface area contributed by atoms with E-state index in [2.05, 4.69) is 0 Å². The van der Waals surface area contributed by atoms with Gasteiger partial charge in [-0.15, -0.1) is 11.3 Å². The molecule has 1 aliphatic rings. The summed E-state index contributed by atoms with van der Waals surface area (Å²) in [7, 11) is 0. The number of fused-ring (bicyclic) bond motifs is 1. The minimum absolute atomic E-state index is 0.0591. The van der Waals surface area contributed by atoms with Crippen molar-refractivity contribution in [3.8, 4) is 11.5 Å². The molecule has 0 spiro atoms. The number of carbonyl (C=O) groups excluding carboxylic acids is 1. The Morgan fingerprint density at radius 2 is 2.35 bits per heavy atom. The maximum Gasteiger partial charge on any atom is 0.308 e. The molecule has 17 heavy (non-hydrogen) atoms. The summed E-state index contributed by atoms with van der Waals surface area (Å²) in [6.07, 6.45) is 0.584. The van der Waals surface area contributed by atoms with E-state index in [9.17, 15) is 4.79 Å². The lowest BCUT2D eigenvalue weighted by molar-refractivity contribution is -0.151. The molecule has 0 amide bonds. The number of hydrogen-bond acceptors (Lipinski definition) is 5. The van der Waals surface area contributed by atoms with Crippen LogP contribution in [-0.2, 0) is 9.53 Å². The first-order chi connectivity index (χ1) is 8.20. The summed E-state index contributed by atoms with van der Waals surface area (Å²) < 4.78 is 16.3. The van der Waals surface area contributed by atoms with Crippen molar-refractivity contribution >= 4 is 17.3 Å². The summed E-state index contributed by atoms with van der Waals surface area (Å²) in [5.41, 5.74) is 0. The molecule has 0 saturated carbocycles. The van der Waals surface area contributed by atoms with Crippen LogP contribution in [0.1, 0.15) is 20.3 Å². The predicted molar refractivity (Wildman–Crippen MR) is 64.6 cm³/mol. The minimum Gasteiger partial charge on any atom is -0.485 e. The highest BCUT2D eigenvalue weighted by Gasteiger charge is 2.23. The lowest BCUT2D eigenvalue weighted by Gasteiger charge is -2.24. The number of thiophene rings is 1. The Labute approximate surface area is 104 Å². The van der Waals surface area contributed by atoms with E-state index in [1.165, 1.54) is 11.3 Å². The average Bonchev–Trinajstić information content (AvgIpc) is 2.82. The summed E-state index contributed by atoms with van der Waals surface area (Å²) in [4.78, 5) is 11.5. The Balaban J connectivity index is 1.80. The third kappa shape index (κ3) is 2.91. The van der Waals surface area contributed by atoms with Crippen molar-refractivity contribution in [3.63, 3.8) is 0 Å². The second-order valence-corrected chi connectivity index (χ2v) is 4.83. The van der Waals surface area contributed by atoms with Crippen molar-refractivity contribution in [2.75, 3.05) is 13.2 Å².